The van der Waals surface area contributed by atoms with E-state index in [0.29, 0.717) is 13.2 Å². The van der Waals surface area contributed by atoms with E-state index < -0.39 is 5.79 Å². The molecule has 3 nitrogen and oxygen atoms in total. The van der Waals surface area contributed by atoms with Crippen molar-refractivity contribution in [3.8, 4) is 0 Å². The summed E-state index contributed by atoms with van der Waals surface area (Å²) in [5.41, 5.74) is 4.17. The highest BCUT2D eigenvalue weighted by atomic mass is 35.5. The molecule has 2 aromatic rings. The van der Waals surface area contributed by atoms with Crippen LogP contribution < -0.4 is 0 Å². The van der Waals surface area contributed by atoms with Crippen LogP contribution in [-0.4, -0.2) is 19.4 Å². The zero-order chi connectivity index (χ0) is 15.2. The number of aliphatic imine (C=N–C) groups is 1. The maximum atomic E-state index is 6.11. The van der Waals surface area contributed by atoms with Gasteiger partial charge in [-0.05, 0) is 30.2 Å². The van der Waals surface area contributed by atoms with E-state index in [1.165, 1.54) is 0 Å². The van der Waals surface area contributed by atoms with Crippen molar-refractivity contribution < 1.29 is 9.47 Å². The van der Waals surface area contributed by atoms with E-state index in [4.69, 9.17) is 21.1 Å². The van der Waals surface area contributed by atoms with Gasteiger partial charge in [-0.1, -0.05) is 41.9 Å². The zero-order valence-corrected chi connectivity index (χ0v) is 13.0. The van der Waals surface area contributed by atoms with Gasteiger partial charge in [0.1, 0.15) is 0 Å². The third kappa shape index (κ3) is 2.01. The van der Waals surface area contributed by atoms with Gasteiger partial charge in [-0.25, -0.2) is 0 Å². The van der Waals surface area contributed by atoms with Gasteiger partial charge in [0.25, 0.3) is 0 Å². The molecule has 1 spiro atoms. The SMILES string of the molecule is Cc1cccc2c1N=CC(c1ccc(Cl)cc1)C21OCCO1. The van der Waals surface area contributed by atoms with Crippen LogP contribution in [0.15, 0.2) is 47.5 Å². The molecule has 0 radical (unpaired) electrons. The monoisotopic (exact) mass is 313 g/mol. The maximum Gasteiger partial charge on any atom is 0.209 e. The fourth-order valence-corrected chi connectivity index (χ4v) is 3.39. The van der Waals surface area contributed by atoms with Gasteiger partial charge < -0.3 is 9.47 Å². The quantitative estimate of drug-likeness (QED) is 0.783. The van der Waals surface area contributed by atoms with Crippen LogP contribution in [-0.2, 0) is 15.3 Å². The van der Waals surface area contributed by atoms with Gasteiger partial charge in [-0.3, -0.25) is 4.99 Å². The molecule has 0 bridgehead atoms. The standard InChI is InChI=1S/C18H16ClNO2/c1-12-3-2-4-15-17(12)20-11-16(18(15)21-9-10-22-18)13-5-7-14(19)8-6-13/h2-8,11,16H,9-10H2,1H3. The van der Waals surface area contributed by atoms with Gasteiger partial charge in [0.05, 0.1) is 24.8 Å². The summed E-state index contributed by atoms with van der Waals surface area (Å²) >= 11 is 6.01. The van der Waals surface area contributed by atoms with Crippen LogP contribution in [0.1, 0.15) is 22.6 Å². The van der Waals surface area contributed by atoms with Crippen LogP contribution in [0, 0.1) is 6.92 Å². The van der Waals surface area contributed by atoms with E-state index in [1.807, 2.05) is 42.6 Å². The molecule has 4 heteroatoms. The lowest BCUT2D eigenvalue weighted by Crippen LogP contribution is -2.37. The van der Waals surface area contributed by atoms with Crippen molar-refractivity contribution >= 4 is 23.5 Å². The summed E-state index contributed by atoms with van der Waals surface area (Å²) in [6.45, 7) is 3.23. The molecule has 2 heterocycles. The summed E-state index contributed by atoms with van der Waals surface area (Å²) in [5, 5.41) is 0.718. The van der Waals surface area contributed by atoms with Gasteiger partial charge in [0.15, 0.2) is 0 Å². The van der Waals surface area contributed by atoms with Crippen LogP contribution >= 0.6 is 11.6 Å². The number of rotatable bonds is 1. The Kier molecular flexibility index (Phi) is 3.30. The summed E-state index contributed by atoms with van der Waals surface area (Å²) in [6, 6.07) is 13.9. The summed E-state index contributed by atoms with van der Waals surface area (Å²) in [5.74, 6) is -0.863. The van der Waals surface area contributed by atoms with Gasteiger partial charge in [-0.15, -0.1) is 0 Å². The zero-order valence-electron chi connectivity index (χ0n) is 12.3. The maximum absolute atomic E-state index is 6.11. The Hall–Kier alpha value is -1.68. The first kappa shape index (κ1) is 13.9. The lowest BCUT2D eigenvalue weighted by molar-refractivity contribution is -0.171. The van der Waals surface area contributed by atoms with Crippen molar-refractivity contribution in [1.29, 1.82) is 0 Å². The van der Waals surface area contributed by atoms with Crippen molar-refractivity contribution in [2.24, 2.45) is 4.99 Å². The molecule has 1 atom stereocenters. The fraction of sp³-hybridized carbons (Fsp3) is 0.278. The Morgan fingerprint density at radius 3 is 2.55 bits per heavy atom. The van der Waals surface area contributed by atoms with Gasteiger partial charge in [-0.2, -0.15) is 0 Å². The molecule has 2 aliphatic heterocycles. The van der Waals surface area contributed by atoms with E-state index in [-0.39, 0.29) is 5.92 Å². The largest absolute Gasteiger partial charge is 0.343 e. The average molecular weight is 314 g/mol. The number of benzene rings is 2. The second kappa shape index (κ2) is 5.20. The first-order valence-electron chi connectivity index (χ1n) is 7.38. The van der Waals surface area contributed by atoms with Gasteiger partial charge in [0.2, 0.25) is 5.79 Å². The lowest BCUT2D eigenvalue weighted by atomic mass is 9.83. The Morgan fingerprint density at radius 2 is 1.82 bits per heavy atom. The van der Waals surface area contributed by atoms with Crippen molar-refractivity contribution in [2.75, 3.05) is 13.2 Å². The average Bonchev–Trinajstić information content (AvgIpc) is 3.00. The van der Waals surface area contributed by atoms with Crippen molar-refractivity contribution in [3.63, 3.8) is 0 Å². The number of ether oxygens (including phenoxy) is 2. The summed E-state index contributed by atoms with van der Waals surface area (Å²) in [6.07, 6.45) is 1.93. The number of aryl methyl sites for hydroxylation is 1. The molecule has 2 aliphatic rings. The third-order valence-corrected chi connectivity index (χ3v) is 4.57. The minimum absolute atomic E-state index is 0.0819. The van der Waals surface area contributed by atoms with Crippen molar-refractivity contribution in [1.82, 2.24) is 0 Å². The summed E-state index contributed by atoms with van der Waals surface area (Å²) < 4.78 is 12.2. The Morgan fingerprint density at radius 1 is 1.09 bits per heavy atom. The topological polar surface area (TPSA) is 30.8 Å². The lowest BCUT2D eigenvalue weighted by Gasteiger charge is -2.37. The summed E-state index contributed by atoms with van der Waals surface area (Å²) in [7, 11) is 0. The van der Waals surface area contributed by atoms with E-state index >= 15 is 0 Å². The number of hydrogen-bond donors (Lipinski definition) is 0. The fourth-order valence-electron chi connectivity index (χ4n) is 3.27. The van der Waals surface area contributed by atoms with Crippen LogP contribution in [0.2, 0.25) is 5.02 Å². The number of fused-ring (bicyclic) bond motifs is 2. The number of halogens is 1. The second-order valence-corrected chi connectivity index (χ2v) is 6.08. The first-order chi connectivity index (χ1) is 10.7. The minimum Gasteiger partial charge on any atom is -0.343 e. The smallest absolute Gasteiger partial charge is 0.209 e. The molecular formula is C18H16ClNO2. The third-order valence-electron chi connectivity index (χ3n) is 4.32. The number of para-hydroxylation sites is 1. The molecule has 0 saturated carbocycles. The van der Waals surface area contributed by atoms with Gasteiger partial charge >= 0.3 is 0 Å². The molecule has 1 unspecified atom stereocenters. The Balaban J connectivity index is 1.89. The molecule has 0 amide bonds. The molecule has 22 heavy (non-hydrogen) atoms. The van der Waals surface area contributed by atoms with Gasteiger partial charge in [0, 0.05) is 16.8 Å². The first-order valence-corrected chi connectivity index (χ1v) is 7.76. The Labute approximate surface area is 134 Å². The molecule has 2 aromatic carbocycles. The molecule has 0 aliphatic carbocycles. The second-order valence-electron chi connectivity index (χ2n) is 5.64. The normalized spacial score (nSPS) is 22.0. The predicted molar refractivity (Wildman–Crippen MR) is 87.1 cm³/mol. The predicted octanol–water partition coefficient (Wildman–Crippen LogP) is 4.35. The highest BCUT2D eigenvalue weighted by Gasteiger charge is 2.49. The molecule has 1 saturated heterocycles. The highest BCUT2D eigenvalue weighted by Crippen LogP contribution is 2.50. The van der Waals surface area contributed by atoms with E-state index in [2.05, 4.69) is 18.0 Å². The van der Waals surface area contributed by atoms with E-state index in [0.717, 1.165) is 27.4 Å². The molecule has 1 fully saturated rings. The van der Waals surface area contributed by atoms with Crippen molar-refractivity contribution in [3.05, 3.63) is 64.2 Å². The molecular weight excluding hydrogens is 298 g/mol. The van der Waals surface area contributed by atoms with Crippen molar-refractivity contribution in [2.45, 2.75) is 18.6 Å². The van der Waals surface area contributed by atoms with E-state index in [9.17, 15) is 0 Å². The molecule has 0 aromatic heterocycles. The summed E-state index contributed by atoms with van der Waals surface area (Å²) in [4.78, 5) is 4.67. The van der Waals surface area contributed by atoms with Crippen LogP contribution in [0.3, 0.4) is 0 Å². The minimum atomic E-state index is -0.781. The molecule has 112 valence electrons. The van der Waals surface area contributed by atoms with Crippen LogP contribution in [0.5, 0.6) is 0 Å². The number of nitrogens with zero attached hydrogens (tertiary/aromatic N) is 1. The number of hydrogen-bond acceptors (Lipinski definition) is 3. The van der Waals surface area contributed by atoms with Crippen LogP contribution in [0.25, 0.3) is 0 Å². The van der Waals surface area contributed by atoms with E-state index in [1.54, 1.807) is 0 Å². The molecule has 0 N–H and O–H groups in total. The molecule has 4 rings (SSSR count). The highest BCUT2D eigenvalue weighted by molar-refractivity contribution is 6.30. The Bertz CT molecular complexity index is 733. The van der Waals surface area contributed by atoms with Crippen LogP contribution in [0.4, 0.5) is 5.69 Å².